The van der Waals surface area contributed by atoms with Crippen LogP contribution in [0.3, 0.4) is 0 Å². The van der Waals surface area contributed by atoms with E-state index in [0.717, 1.165) is 16.9 Å². The average molecular weight is 312 g/mol. The van der Waals surface area contributed by atoms with E-state index in [1.807, 2.05) is 37.3 Å². The maximum absolute atomic E-state index is 12.4. The Balaban J connectivity index is 1.86. The number of amides is 1. The Morgan fingerprint density at radius 3 is 2.73 bits per heavy atom. The minimum atomic E-state index is -0.182. The molecule has 0 bridgehead atoms. The highest BCUT2D eigenvalue weighted by Crippen LogP contribution is 2.23. The number of carbonyl (C=O) groups is 1. The van der Waals surface area contributed by atoms with E-state index in [0.29, 0.717) is 16.3 Å². The van der Waals surface area contributed by atoms with Crippen LogP contribution in [0.4, 0.5) is 5.69 Å². The van der Waals surface area contributed by atoms with Crippen LogP contribution in [0.2, 0.25) is 5.02 Å². The van der Waals surface area contributed by atoms with Gasteiger partial charge in [-0.15, -0.1) is 0 Å². The number of hydrogen-bond donors (Lipinski definition) is 1. The summed E-state index contributed by atoms with van der Waals surface area (Å²) in [6.07, 6.45) is 1.61. The van der Waals surface area contributed by atoms with Gasteiger partial charge >= 0.3 is 0 Å². The van der Waals surface area contributed by atoms with Crippen molar-refractivity contribution in [3.05, 3.63) is 77.0 Å². The number of nitrogens with one attached hydrogen (secondary N) is 1. The molecule has 0 atom stereocenters. The maximum atomic E-state index is 12.4. The first-order valence-electron chi connectivity index (χ1n) is 6.85. The molecule has 0 unspecified atom stereocenters. The highest BCUT2D eigenvalue weighted by molar-refractivity contribution is 6.31. The van der Waals surface area contributed by atoms with Crippen LogP contribution < -0.4 is 5.32 Å². The number of hydrogen-bond acceptors (Lipinski definition) is 2. The molecule has 4 heteroatoms. The number of benzene rings is 2. The first kappa shape index (κ1) is 14.4. The van der Waals surface area contributed by atoms with Crippen LogP contribution >= 0.6 is 11.6 Å². The Hall–Kier alpha value is -2.52. The lowest BCUT2D eigenvalue weighted by molar-refractivity contribution is 0.102. The molecule has 0 aliphatic carbocycles. The van der Waals surface area contributed by atoms with Crippen molar-refractivity contribution in [3.63, 3.8) is 0 Å². The molecule has 0 saturated carbocycles. The van der Waals surface area contributed by atoms with Crippen LogP contribution in [-0.4, -0.2) is 5.91 Å². The lowest BCUT2D eigenvalue weighted by atomic mass is 10.1. The Morgan fingerprint density at radius 1 is 1.09 bits per heavy atom. The van der Waals surface area contributed by atoms with Gasteiger partial charge in [0.05, 0.1) is 6.26 Å². The first-order chi connectivity index (χ1) is 10.6. The fraction of sp³-hybridized carbons (Fsp3) is 0.0556. The summed E-state index contributed by atoms with van der Waals surface area (Å²) in [6, 6.07) is 16.4. The van der Waals surface area contributed by atoms with Crippen molar-refractivity contribution in [2.24, 2.45) is 0 Å². The molecule has 22 heavy (non-hydrogen) atoms. The number of rotatable bonds is 3. The third-order valence-corrected chi connectivity index (χ3v) is 3.61. The molecule has 3 aromatic rings. The van der Waals surface area contributed by atoms with Gasteiger partial charge in [0.25, 0.3) is 5.91 Å². The van der Waals surface area contributed by atoms with Gasteiger partial charge in [0.2, 0.25) is 0 Å². The van der Waals surface area contributed by atoms with Gasteiger partial charge in [-0.2, -0.15) is 0 Å². The molecule has 0 aliphatic heterocycles. The fourth-order valence-electron chi connectivity index (χ4n) is 2.18. The third kappa shape index (κ3) is 3.05. The predicted octanol–water partition coefficient (Wildman–Crippen LogP) is 5.16. The predicted molar refractivity (Wildman–Crippen MR) is 88.3 cm³/mol. The maximum Gasteiger partial charge on any atom is 0.255 e. The molecule has 0 aliphatic rings. The zero-order chi connectivity index (χ0) is 15.5. The lowest BCUT2D eigenvalue weighted by Gasteiger charge is -2.09. The van der Waals surface area contributed by atoms with Crippen LogP contribution in [0.25, 0.3) is 11.3 Å². The van der Waals surface area contributed by atoms with Crippen molar-refractivity contribution in [1.29, 1.82) is 0 Å². The second-order valence-corrected chi connectivity index (χ2v) is 5.41. The Morgan fingerprint density at radius 2 is 1.95 bits per heavy atom. The zero-order valence-corrected chi connectivity index (χ0v) is 12.7. The summed E-state index contributed by atoms with van der Waals surface area (Å²) in [6.45, 7) is 1.92. The van der Waals surface area contributed by atoms with E-state index in [-0.39, 0.29) is 5.91 Å². The van der Waals surface area contributed by atoms with Crippen molar-refractivity contribution < 1.29 is 9.21 Å². The van der Waals surface area contributed by atoms with E-state index >= 15 is 0 Å². The summed E-state index contributed by atoms with van der Waals surface area (Å²) < 4.78 is 5.36. The molecule has 110 valence electrons. The molecule has 0 spiro atoms. The van der Waals surface area contributed by atoms with Crippen molar-refractivity contribution in [3.8, 4) is 11.3 Å². The molecule has 2 aromatic carbocycles. The molecule has 1 aromatic heterocycles. The number of carbonyl (C=O) groups excluding carboxylic acids is 1. The van der Waals surface area contributed by atoms with Crippen molar-refractivity contribution >= 4 is 23.2 Å². The summed E-state index contributed by atoms with van der Waals surface area (Å²) >= 11 is 5.98. The van der Waals surface area contributed by atoms with Crippen LogP contribution in [-0.2, 0) is 0 Å². The van der Waals surface area contributed by atoms with Crippen LogP contribution in [0.5, 0.6) is 0 Å². The van der Waals surface area contributed by atoms with Gasteiger partial charge in [0, 0.05) is 21.8 Å². The number of aryl methyl sites for hydroxylation is 1. The number of furan rings is 1. The molecule has 1 heterocycles. The molecule has 3 nitrogen and oxygen atoms in total. The van der Waals surface area contributed by atoms with Gasteiger partial charge in [-0.25, -0.2) is 0 Å². The monoisotopic (exact) mass is 311 g/mol. The molecule has 3 rings (SSSR count). The van der Waals surface area contributed by atoms with Crippen LogP contribution in [0.15, 0.2) is 65.3 Å². The largest absolute Gasteiger partial charge is 0.464 e. The third-order valence-electron chi connectivity index (χ3n) is 3.38. The fourth-order valence-corrected chi connectivity index (χ4v) is 2.35. The van der Waals surface area contributed by atoms with Gasteiger partial charge in [-0.05, 0) is 48.9 Å². The quantitative estimate of drug-likeness (QED) is 0.726. The molecule has 0 fully saturated rings. The second kappa shape index (κ2) is 6.08. The molecule has 0 radical (unpaired) electrons. The van der Waals surface area contributed by atoms with E-state index in [9.17, 15) is 4.79 Å². The van der Waals surface area contributed by atoms with Gasteiger partial charge in [-0.3, -0.25) is 4.79 Å². The highest BCUT2D eigenvalue weighted by atomic mass is 35.5. The highest BCUT2D eigenvalue weighted by Gasteiger charge is 2.10. The van der Waals surface area contributed by atoms with E-state index < -0.39 is 0 Å². The smallest absolute Gasteiger partial charge is 0.255 e. The summed E-state index contributed by atoms with van der Waals surface area (Å²) in [5.41, 5.74) is 3.09. The summed E-state index contributed by atoms with van der Waals surface area (Å²) in [4.78, 5) is 12.4. The van der Waals surface area contributed by atoms with Gasteiger partial charge in [0.15, 0.2) is 0 Å². The van der Waals surface area contributed by atoms with E-state index in [2.05, 4.69) is 5.32 Å². The molecule has 1 amide bonds. The van der Waals surface area contributed by atoms with E-state index in [1.165, 1.54) is 0 Å². The Labute approximate surface area is 133 Å². The molecular formula is C18H14ClNO2. The minimum Gasteiger partial charge on any atom is -0.464 e. The van der Waals surface area contributed by atoms with Gasteiger partial charge in [0.1, 0.15) is 5.76 Å². The average Bonchev–Trinajstić information content (AvgIpc) is 3.05. The Bertz CT molecular complexity index is 810. The standard InChI is InChI=1S/C18H14ClNO2/c1-12-7-8-15(19)11-16(12)20-18(21)14-5-2-4-13(10-14)17-6-3-9-22-17/h2-11H,1H3,(H,20,21). The van der Waals surface area contributed by atoms with Gasteiger partial charge in [-0.1, -0.05) is 29.8 Å². The molecule has 0 saturated heterocycles. The topological polar surface area (TPSA) is 42.2 Å². The van der Waals surface area contributed by atoms with Gasteiger partial charge < -0.3 is 9.73 Å². The summed E-state index contributed by atoms with van der Waals surface area (Å²) in [5.74, 6) is 0.548. The van der Waals surface area contributed by atoms with Crippen molar-refractivity contribution in [1.82, 2.24) is 0 Å². The van der Waals surface area contributed by atoms with Crippen molar-refractivity contribution in [2.75, 3.05) is 5.32 Å². The van der Waals surface area contributed by atoms with Crippen molar-refractivity contribution in [2.45, 2.75) is 6.92 Å². The van der Waals surface area contributed by atoms with Crippen LogP contribution in [0, 0.1) is 6.92 Å². The summed E-state index contributed by atoms with van der Waals surface area (Å²) in [7, 11) is 0. The van der Waals surface area contributed by atoms with E-state index in [1.54, 1.807) is 30.5 Å². The van der Waals surface area contributed by atoms with Crippen LogP contribution in [0.1, 0.15) is 15.9 Å². The zero-order valence-electron chi connectivity index (χ0n) is 12.0. The number of halogens is 1. The SMILES string of the molecule is Cc1ccc(Cl)cc1NC(=O)c1cccc(-c2ccco2)c1. The normalized spacial score (nSPS) is 10.5. The lowest BCUT2D eigenvalue weighted by Crippen LogP contribution is -2.12. The van der Waals surface area contributed by atoms with E-state index in [4.69, 9.17) is 16.0 Å². The second-order valence-electron chi connectivity index (χ2n) is 4.97. The summed E-state index contributed by atoms with van der Waals surface area (Å²) in [5, 5.41) is 3.47. The molecule has 1 N–H and O–H groups in total. The first-order valence-corrected chi connectivity index (χ1v) is 7.23. The molecular weight excluding hydrogens is 298 g/mol. The Kier molecular flexibility index (Phi) is 3.98. The number of anilines is 1. The minimum absolute atomic E-state index is 0.182.